The molecule has 0 saturated carbocycles. The van der Waals surface area contributed by atoms with Gasteiger partial charge >= 0.3 is 0 Å². The zero-order valence-electron chi connectivity index (χ0n) is 15.0. The van der Waals surface area contributed by atoms with Crippen LogP contribution in [0, 0.1) is 5.82 Å². The average molecular weight is 382 g/mol. The number of hydrogen-bond donors (Lipinski definition) is 2. The maximum Gasteiger partial charge on any atom is 0.223 e. The van der Waals surface area contributed by atoms with Crippen molar-refractivity contribution in [3.8, 4) is 0 Å². The van der Waals surface area contributed by atoms with Gasteiger partial charge in [0.2, 0.25) is 5.91 Å². The molecule has 144 valence electrons. The lowest BCUT2D eigenvalue weighted by atomic mass is 10.1. The first-order valence-electron chi connectivity index (χ1n) is 9.19. The van der Waals surface area contributed by atoms with Crippen LogP contribution in [0.3, 0.4) is 0 Å². The number of unbranched alkanes of at least 4 members (excludes halogenated alkanes) is 1. The molecule has 26 heavy (non-hydrogen) atoms. The van der Waals surface area contributed by atoms with Gasteiger partial charge in [0.05, 0.1) is 12.1 Å². The van der Waals surface area contributed by atoms with Gasteiger partial charge in [-0.2, -0.15) is 11.8 Å². The van der Waals surface area contributed by atoms with E-state index < -0.39 is 6.10 Å². The molecule has 2 atom stereocenters. The van der Waals surface area contributed by atoms with E-state index in [-0.39, 0.29) is 24.4 Å². The number of likely N-dealkylation sites (tertiary alicyclic amines) is 1. The zero-order chi connectivity index (χ0) is 18.8. The molecule has 0 bridgehead atoms. The quantitative estimate of drug-likeness (QED) is 0.457. The van der Waals surface area contributed by atoms with Gasteiger partial charge in [-0.25, -0.2) is 4.39 Å². The largest absolute Gasteiger partial charge is 0.396 e. The number of rotatable bonds is 11. The van der Waals surface area contributed by atoms with Crippen LogP contribution in [0.5, 0.6) is 0 Å². The molecule has 0 unspecified atom stereocenters. The first-order valence-corrected chi connectivity index (χ1v) is 10.3. The van der Waals surface area contributed by atoms with Gasteiger partial charge in [0, 0.05) is 31.7 Å². The number of aliphatic hydroxyl groups excluding tert-OH is 2. The van der Waals surface area contributed by atoms with E-state index in [4.69, 9.17) is 5.11 Å². The summed E-state index contributed by atoms with van der Waals surface area (Å²) in [7, 11) is 0. The van der Waals surface area contributed by atoms with Crippen LogP contribution in [-0.4, -0.2) is 57.8 Å². The highest BCUT2D eigenvalue weighted by Crippen LogP contribution is 2.21. The van der Waals surface area contributed by atoms with Crippen molar-refractivity contribution in [3.63, 3.8) is 0 Å². The Labute approximate surface area is 159 Å². The Morgan fingerprint density at radius 2 is 2.04 bits per heavy atom. The molecule has 1 aliphatic heterocycles. The number of thioether (sulfide) groups is 1. The average Bonchev–Trinajstić information content (AvgIpc) is 2.98. The van der Waals surface area contributed by atoms with E-state index in [1.807, 2.05) is 11.0 Å². The molecule has 1 aromatic rings. The molecule has 2 rings (SSSR count). The van der Waals surface area contributed by atoms with Crippen molar-refractivity contribution in [2.45, 2.75) is 44.2 Å². The molecule has 0 aromatic heterocycles. The van der Waals surface area contributed by atoms with Gasteiger partial charge in [-0.3, -0.25) is 4.79 Å². The fraction of sp³-hybridized carbons (Fsp3) is 0.550. The summed E-state index contributed by atoms with van der Waals surface area (Å²) >= 11 is 1.80. The summed E-state index contributed by atoms with van der Waals surface area (Å²) in [4.78, 5) is 14.0. The molecule has 6 heteroatoms. The third-order valence-electron chi connectivity index (χ3n) is 4.46. The van der Waals surface area contributed by atoms with Gasteiger partial charge in [0.25, 0.3) is 0 Å². The molecule has 0 aliphatic carbocycles. The SMILES string of the molecule is O=C1CC[C@H](/C=C/[C@@H](O)Cc2ccc(F)cc2)N1CCSCCCCO. The predicted molar refractivity (Wildman–Crippen MR) is 104 cm³/mol. The fourth-order valence-electron chi connectivity index (χ4n) is 3.01. The van der Waals surface area contributed by atoms with Gasteiger partial charge < -0.3 is 15.1 Å². The van der Waals surface area contributed by atoms with E-state index in [0.29, 0.717) is 19.4 Å². The lowest BCUT2D eigenvalue weighted by Gasteiger charge is -2.22. The minimum Gasteiger partial charge on any atom is -0.396 e. The van der Waals surface area contributed by atoms with Crippen molar-refractivity contribution in [1.29, 1.82) is 0 Å². The molecule has 1 aromatic carbocycles. The smallest absolute Gasteiger partial charge is 0.223 e. The molecule has 4 nitrogen and oxygen atoms in total. The van der Waals surface area contributed by atoms with E-state index in [0.717, 1.165) is 36.3 Å². The number of nitrogens with zero attached hydrogens (tertiary/aromatic N) is 1. The van der Waals surface area contributed by atoms with Crippen molar-refractivity contribution in [2.75, 3.05) is 24.7 Å². The minimum atomic E-state index is -0.647. The molecular formula is C20H28FNO3S. The van der Waals surface area contributed by atoms with Crippen molar-refractivity contribution >= 4 is 17.7 Å². The predicted octanol–water partition coefficient (Wildman–Crippen LogP) is 2.78. The number of carbonyl (C=O) groups is 1. The Balaban J connectivity index is 1.77. The van der Waals surface area contributed by atoms with Crippen LogP contribution < -0.4 is 0 Å². The van der Waals surface area contributed by atoms with Crippen LogP contribution in [0.15, 0.2) is 36.4 Å². The normalized spacial score (nSPS) is 18.8. The summed E-state index contributed by atoms with van der Waals surface area (Å²) in [5.41, 5.74) is 0.877. The molecule has 1 amide bonds. The third-order valence-corrected chi connectivity index (χ3v) is 5.51. The van der Waals surface area contributed by atoms with E-state index in [9.17, 15) is 14.3 Å². The summed E-state index contributed by atoms with van der Waals surface area (Å²) in [5, 5.41) is 18.9. The third kappa shape index (κ3) is 7.09. The Bertz CT molecular complexity index is 579. The van der Waals surface area contributed by atoms with Gasteiger partial charge in [0.15, 0.2) is 0 Å². The Morgan fingerprint density at radius 3 is 2.77 bits per heavy atom. The summed E-state index contributed by atoms with van der Waals surface area (Å²) in [6, 6.07) is 6.17. The maximum atomic E-state index is 12.9. The van der Waals surface area contributed by atoms with E-state index in [2.05, 4.69) is 0 Å². The second-order valence-electron chi connectivity index (χ2n) is 6.52. The van der Waals surface area contributed by atoms with Gasteiger partial charge in [-0.05, 0) is 42.7 Å². The topological polar surface area (TPSA) is 60.8 Å². The van der Waals surface area contributed by atoms with Crippen LogP contribution in [0.2, 0.25) is 0 Å². The maximum absolute atomic E-state index is 12.9. The standard InChI is InChI=1S/C20H28FNO3S/c21-17-5-3-16(4-6-17)15-19(24)9-7-18-8-10-20(25)22(18)11-14-26-13-2-1-12-23/h3-7,9,18-19,23-24H,1-2,8,10-15H2/b9-7+/t18-,19+/m0/s1. The number of amides is 1. The zero-order valence-corrected chi connectivity index (χ0v) is 15.8. The second kappa shape index (κ2) is 11.4. The molecule has 1 saturated heterocycles. The Kier molecular flexibility index (Phi) is 9.15. The van der Waals surface area contributed by atoms with Crippen molar-refractivity contribution < 1.29 is 19.4 Å². The fourth-order valence-corrected chi connectivity index (χ4v) is 3.95. The highest BCUT2D eigenvalue weighted by molar-refractivity contribution is 7.99. The van der Waals surface area contributed by atoms with Crippen molar-refractivity contribution in [1.82, 2.24) is 4.90 Å². The monoisotopic (exact) mass is 381 g/mol. The van der Waals surface area contributed by atoms with Crippen LogP contribution >= 0.6 is 11.8 Å². The number of carbonyl (C=O) groups excluding carboxylic acids is 1. The summed E-state index contributed by atoms with van der Waals surface area (Å²) in [6.07, 6.45) is 6.61. The molecule has 1 heterocycles. The highest BCUT2D eigenvalue weighted by Gasteiger charge is 2.28. The van der Waals surface area contributed by atoms with Crippen LogP contribution in [-0.2, 0) is 11.2 Å². The molecule has 0 radical (unpaired) electrons. The van der Waals surface area contributed by atoms with Gasteiger partial charge in [-0.15, -0.1) is 0 Å². The molecule has 1 fully saturated rings. The molecular weight excluding hydrogens is 353 g/mol. The first kappa shape index (κ1) is 20.9. The Hall–Kier alpha value is -1.37. The molecule has 2 N–H and O–H groups in total. The number of hydrogen-bond acceptors (Lipinski definition) is 4. The van der Waals surface area contributed by atoms with E-state index in [1.54, 1.807) is 30.0 Å². The Morgan fingerprint density at radius 1 is 1.27 bits per heavy atom. The number of aliphatic hydroxyl groups is 2. The first-order chi connectivity index (χ1) is 12.6. The highest BCUT2D eigenvalue weighted by atomic mass is 32.2. The van der Waals surface area contributed by atoms with Crippen LogP contribution in [0.1, 0.15) is 31.2 Å². The lowest BCUT2D eigenvalue weighted by Crippen LogP contribution is -2.34. The summed E-state index contributed by atoms with van der Waals surface area (Å²) in [5.74, 6) is 1.77. The molecule has 0 spiro atoms. The second-order valence-corrected chi connectivity index (χ2v) is 7.74. The van der Waals surface area contributed by atoms with E-state index in [1.165, 1.54) is 12.1 Å². The number of halogens is 1. The van der Waals surface area contributed by atoms with Gasteiger partial charge in [0.1, 0.15) is 5.82 Å². The summed E-state index contributed by atoms with van der Waals surface area (Å²) < 4.78 is 12.9. The van der Waals surface area contributed by atoms with Crippen molar-refractivity contribution in [2.24, 2.45) is 0 Å². The molecule has 1 aliphatic rings. The lowest BCUT2D eigenvalue weighted by molar-refractivity contribution is -0.128. The minimum absolute atomic E-state index is 0.0448. The van der Waals surface area contributed by atoms with Crippen LogP contribution in [0.4, 0.5) is 4.39 Å². The van der Waals surface area contributed by atoms with Crippen LogP contribution in [0.25, 0.3) is 0 Å². The van der Waals surface area contributed by atoms with E-state index >= 15 is 0 Å². The summed E-state index contributed by atoms with van der Waals surface area (Å²) in [6.45, 7) is 0.948. The van der Waals surface area contributed by atoms with Crippen molar-refractivity contribution in [3.05, 3.63) is 47.8 Å². The number of benzene rings is 1. The van der Waals surface area contributed by atoms with Gasteiger partial charge in [-0.1, -0.05) is 24.3 Å².